The van der Waals surface area contributed by atoms with Crippen molar-refractivity contribution in [2.24, 2.45) is 0 Å². The van der Waals surface area contributed by atoms with Gasteiger partial charge in [-0.2, -0.15) is 5.10 Å². The lowest BCUT2D eigenvalue weighted by Gasteiger charge is -2.06. The van der Waals surface area contributed by atoms with Crippen molar-refractivity contribution in [3.63, 3.8) is 0 Å². The molecule has 0 aliphatic rings. The van der Waals surface area contributed by atoms with Crippen molar-refractivity contribution in [2.75, 3.05) is 6.54 Å². The number of ether oxygens (including phenoxy) is 1. The van der Waals surface area contributed by atoms with Gasteiger partial charge in [0, 0.05) is 13.1 Å². The number of halogens is 1. The van der Waals surface area contributed by atoms with Gasteiger partial charge in [-0.25, -0.2) is 0 Å². The minimum absolute atomic E-state index is 0.242. The van der Waals surface area contributed by atoms with E-state index in [1.165, 1.54) is 0 Å². The molecule has 0 aliphatic carbocycles. The molecule has 1 amide bonds. The van der Waals surface area contributed by atoms with Crippen LogP contribution in [-0.2, 0) is 13.2 Å². The maximum absolute atomic E-state index is 12.2. The Morgan fingerprint density at radius 2 is 2.07 bits per heavy atom. The summed E-state index contributed by atoms with van der Waals surface area (Å²) in [5.74, 6) is 1.40. The van der Waals surface area contributed by atoms with Crippen LogP contribution in [0.5, 0.6) is 5.75 Å². The molecule has 28 heavy (non-hydrogen) atoms. The number of furan rings is 1. The second kappa shape index (κ2) is 8.97. The number of amides is 1. The minimum Gasteiger partial charge on any atom is -0.486 e. The average Bonchev–Trinajstić information content (AvgIpc) is 3.24. The molecule has 0 fully saturated rings. The van der Waals surface area contributed by atoms with Crippen LogP contribution in [0.25, 0.3) is 0 Å². The van der Waals surface area contributed by atoms with Crippen LogP contribution in [0.15, 0.2) is 40.8 Å². The van der Waals surface area contributed by atoms with Crippen LogP contribution >= 0.6 is 11.6 Å². The Balaban J connectivity index is 1.44. The van der Waals surface area contributed by atoms with Gasteiger partial charge < -0.3 is 14.5 Å². The normalized spacial score (nSPS) is 10.9. The standard InChI is InChI=1S/C21H24ClN3O3/c1-14-6-4-7-17(12-14)27-13-18-8-9-19(28-18)21(26)23-10-5-11-25-16(3)20(22)15(2)24-25/h4,6-9,12H,5,10-11,13H2,1-3H3,(H,23,26). The molecule has 0 radical (unpaired) electrons. The fourth-order valence-electron chi connectivity index (χ4n) is 2.85. The maximum Gasteiger partial charge on any atom is 0.286 e. The van der Waals surface area contributed by atoms with Crippen molar-refractivity contribution >= 4 is 17.5 Å². The summed E-state index contributed by atoms with van der Waals surface area (Å²) in [7, 11) is 0. The van der Waals surface area contributed by atoms with E-state index in [9.17, 15) is 4.79 Å². The van der Waals surface area contributed by atoms with E-state index in [4.69, 9.17) is 20.8 Å². The molecule has 0 atom stereocenters. The van der Waals surface area contributed by atoms with Gasteiger partial charge in [0.15, 0.2) is 5.76 Å². The van der Waals surface area contributed by atoms with E-state index in [2.05, 4.69) is 10.4 Å². The Kier molecular flexibility index (Phi) is 6.41. The third-order valence-corrected chi connectivity index (χ3v) is 4.93. The molecular weight excluding hydrogens is 378 g/mol. The summed E-state index contributed by atoms with van der Waals surface area (Å²) in [6.07, 6.45) is 0.744. The first-order valence-corrected chi connectivity index (χ1v) is 9.57. The molecule has 0 saturated heterocycles. The highest BCUT2D eigenvalue weighted by Crippen LogP contribution is 2.19. The van der Waals surface area contributed by atoms with Gasteiger partial charge in [-0.1, -0.05) is 23.7 Å². The molecule has 1 aromatic carbocycles. The number of rotatable bonds is 8. The van der Waals surface area contributed by atoms with Crippen LogP contribution < -0.4 is 10.1 Å². The van der Waals surface area contributed by atoms with Crippen molar-refractivity contribution in [2.45, 2.75) is 40.3 Å². The first-order valence-electron chi connectivity index (χ1n) is 9.20. The van der Waals surface area contributed by atoms with E-state index in [1.807, 2.05) is 49.7 Å². The molecule has 1 N–H and O–H groups in total. The number of hydrogen-bond donors (Lipinski definition) is 1. The molecule has 7 heteroatoms. The Hall–Kier alpha value is -2.73. The van der Waals surface area contributed by atoms with E-state index in [0.29, 0.717) is 23.9 Å². The van der Waals surface area contributed by atoms with E-state index < -0.39 is 0 Å². The van der Waals surface area contributed by atoms with Gasteiger partial charge in [0.05, 0.1) is 16.4 Å². The van der Waals surface area contributed by atoms with Gasteiger partial charge in [-0.3, -0.25) is 9.48 Å². The van der Waals surface area contributed by atoms with Gasteiger partial charge in [0.1, 0.15) is 18.1 Å². The summed E-state index contributed by atoms with van der Waals surface area (Å²) < 4.78 is 13.1. The lowest BCUT2D eigenvalue weighted by molar-refractivity contribution is 0.0921. The molecule has 2 heterocycles. The van der Waals surface area contributed by atoms with E-state index in [1.54, 1.807) is 12.1 Å². The maximum atomic E-state index is 12.2. The fraction of sp³-hybridized carbons (Fsp3) is 0.333. The third kappa shape index (κ3) is 4.95. The SMILES string of the molecule is Cc1cccc(OCc2ccc(C(=O)NCCCn3nc(C)c(Cl)c3C)o2)c1. The Morgan fingerprint density at radius 1 is 1.25 bits per heavy atom. The van der Waals surface area contributed by atoms with Crippen LogP contribution in [0.4, 0.5) is 0 Å². The zero-order valence-corrected chi connectivity index (χ0v) is 17.0. The first kappa shape index (κ1) is 20.0. The number of carbonyl (C=O) groups is 1. The van der Waals surface area contributed by atoms with Crippen LogP contribution in [0.1, 0.15) is 39.7 Å². The highest BCUT2D eigenvalue weighted by molar-refractivity contribution is 6.31. The van der Waals surface area contributed by atoms with Crippen LogP contribution in [-0.4, -0.2) is 22.2 Å². The number of nitrogens with zero attached hydrogens (tertiary/aromatic N) is 2. The minimum atomic E-state index is -0.242. The van der Waals surface area contributed by atoms with E-state index in [0.717, 1.165) is 29.1 Å². The number of carbonyl (C=O) groups excluding carboxylic acids is 1. The van der Waals surface area contributed by atoms with Gasteiger partial charge in [0.25, 0.3) is 5.91 Å². The summed E-state index contributed by atoms with van der Waals surface area (Å²) in [5, 5.41) is 7.93. The number of aryl methyl sites for hydroxylation is 3. The topological polar surface area (TPSA) is 69.3 Å². The number of nitrogens with one attached hydrogen (secondary N) is 1. The molecule has 148 valence electrons. The lowest BCUT2D eigenvalue weighted by atomic mass is 10.2. The second-order valence-electron chi connectivity index (χ2n) is 6.69. The summed E-state index contributed by atoms with van der Waals surface area (Å²) in [5.41, 5.74) is 2.88. The van der Waals surface area contributed by atoms with Crippen molar-refractivity contribution in [3.8, 4) is 5.75 Å². The molecule has 6 nitrogen and oxygen atoms in total. The molecule has 0 bridgehead atoms. The van der Waals surface area contributed by atoms with Gasteiger partial charge in [-0.15, -0.1) is 0 Å². The number of benzene rings is 1. The van der Waals surface area contributed by atoms with Crippen molar-refractivity contribution < 1.29 is 13.9 Å². The molecule has 0 aliphatic heterocycles. The zero-order chi connectivity index (χ0) is 20.1. The molecular formula is C21H24ClN3O3. The van der Waals surface area contributed by atoms with E-state index >= 15 is 0 Å². The molecule has 0 saturated carbocycles. The van der Waals surface area contributed by atoms with Crippen LogP contribution in [0.2, 0.25) is 5.02 Å². The Bertz CT molecular complexity index is 962. The highest BCUT2D eigenvalue weighted by Gasteiger charge is 2.12. The third-order valence-electron chi connectivity index (χ3n) is 4.38. The molecule has 0 unspecified atom stereocenters. The number of aromatic nitrogens is 2. The lowest BCUT2D eigenvalue weighted by Crippen LogP contribution is -2.25. The summed E-state index contributed by atoms with van der Waals surface area (Å²) in [4.78, 5) is 12.2. The average molecular weight is 402 g/mol. The van der Waals surface area contributed by atoms with Gasteiger partial charge in [-0.05, 0) is 57.0 Å². The predicted molar refractivity (Wildman–Crippen MR) is 108 cm³/mol. The fourth-order valence-corrected chi connectivity index (χ4v) is 2.98. The van der Waals surface area contributed by atoms with Crippen LogP contribution in [0, 0.1) is 20.8 Å². The number of hydrogen-bond acceptors (Lipinski definition) is 4. The Labute approximate surface area is 169 Å². The Morgan fingerprint density at radius 3 is 2.79 bits per heavy atom. The zero-order valence-electron chi connectivity index (χ0n) is 16.3. The molecule has 3 rings (SSSR count). The summed E-state index contributed by atoms with van der Waals surface area (Å²) in [6, 6.07) is 11.2. The summed E-state index contributed by atoms with van der Waals surface area (Å²) in [6.45, 7) is 7.30. The second-order valence-corrected chi connectivity index (χ2v) is 7.07. The van der Waals surface area contributed by atoms with Crippen LogP contribution in [0.3, 0.4) is 0 Å². The van der Waals surface area contributed by atoms with Crippen molar-refractivity contribution in [3.05, 3.63) is 69.9 Å². The molecule has 2 aromatic heterocycles. The first-order chi connectivity index (χ1) is 13.4. The van der Waals surface area contributed by atoms with Crippen molar-refractivity contribution in [1.29, 1.82) is 0 Å². The predicted octanol–water partition coefficient (Wildman–Crippen LogP) is 4.45. The molecule has 0 spiro atoms. The largest absolute Gasteiger partial charge is 0.486 e. The van der Waals surface area contributed by atoms with E-state index in [-0.39, 0.29) is 18.3 Å². The smallest absolute Gasteiger partial charge is 0.286 e. The molecule has 3 aromatic rings. The summed E-state index contributed by atoms with van der Waals surface area (Å²) >= 11 is 6.14. The highest BCUT2D eigenvalue weighted by atomic mass is 35.5. The van der Waals surface area contributed by atoms with Gasteiger partial charge >= 0.3 is 0 Å². The quantitative estimate of drug-likeness (QED) is 0.566. The van der Waals surface area contributed by atoms with Gasteiger partial charge in [0.2, 0.25) is 0 Å². The van der Waals surface area contributed by atoms with Crippen molar-refractivity contribution in [1.82, 2.24) is 15.1 Å². The monoisotopic (exact) mass is 401 g/mol.